The van der Waals surface area contributed by atoms with Crippen LogP contribution in [0.4, 0.5) is 0 Å². The average molecular weight is 399 g/mol. The standard InChI is InChI=1S/C16H22N4O4S2/c1-2-26(22,23)19-13-4-3-8-20(10-13)15(21)6-5-14-17-16(18-24-14)12-7-9-25-11-12/h7,9,11,13,19H,2-6,8,10H2,1H3. The number of aromatic nitrogens is 2. The van der Waals surface area contributed by atoms with Gasteiger partial charge in [-0.1, -0.05) is 5.16 Å². The van der Waals surface area contributed by atoms with Crippen molar-refractivity contribution in [3.8, 4) is 11.4 Å². The average Bonchev–Trinajstić information content (AvgIpc) is 3.31. The van der Waals surface area contributed by atoms with E-state index in [9.17, 15) is 13.2 Å². The molecule has 8 nitrogen and oxygen atoms in total. The van der Waals surface area contributed by atoms with E-state index in [4.69, 9.17) is 4.52 Å². The van der Waals surface area contributed by atoms with Crippen molar-refractivity contribution in [2.45, 2.75) is 38.6 Å². The first-order chi connectivity index (χ1) is 12.5. The Balaban J connectivity index is 1.51. The predicted octanol–water partition coefficient (Wildman–Crippen LogP) is 1.66. The molecule has 10 heteroatoms. The van der Waals surface area contributed by atoms with Crippen LogP contribution < -0.4 is 4.72 Å². The molecule has 0 saturated carbocycles. The molecule has 1 aliphatic rings. The third kappa shape index (κ3) is 4.89. The number of rotatable bonds is 7. The lowest BCUT2D eigenvalue weighted by atomic mass is 10.1. The molecule has 26 heavy (non-hydrogen) atoms. The molecule has 1 amide bonds. The molecule has 1 unspecified atom stereocenters. The molecule has 0 bridgehead atoms. The monoisotopic (exact) mass is 398 g/mol. The van der Waals surface area contributed by atoms with Crippen molar-refractivity contribution in [3.63, 3.8) is 0 Å². The Morgan fingerprint density at radius 3 is 3.08 bits per heavy atom. The molecule has 0 aromatic carbocycles. The number of hydrogen-bond donors (Lipinski definition) is 1. The zero-order chi connectivity index (χ0) is 18.6. The van der Waals surface area contributed by atoms with Gasteiger partial charge < -0.3 is 9.42 Å². The highest BCUT2D eigenvalue weighted by atomic mass is 32.2. The maximum atomic E-state index is 12.4. The number of aryl methyl sites for hydroxylation is 1. The fraction of sp³-hybridized carbons (Fsp3) is 0.562. The summed E-state index contributed by atoms with van der Waals surface area (Å²) in [4.78, 5) is 18.5. The van der Waals surface area contributed by atoms with Gasteiger partial charge >= 0.3 is 0 Å². The minimum Gasteiger partial charge on any atom is -0.341 e. The zero-order valence-corrected chi connectivity index (χ0v) is 16.2. The molecule has 0 radical (unpaired) electrons. The number of hydrogen-bond acceptors (Lipinski definition) is 7. The van der Waals surface area contributed by atoms with Crippen LogP contribution in [-0.2, 0) is 21.2 Å². The van der Waals surface area contributed by atoms with Crippen LogP contribution in [0.5, 0.6) is 0 Å². The second-order valence-corrected chi connectivity index (χ2v) is 9.05. The molecule has 3 heterocycles. The quantitative estimate of drug-likeness (QED) is 0.760. The van der Waals surface area contributed by atoms with Crippen LogP contribution in [-0.4, -0.2) is 54.2 Å². The molecule has 1 saturated heterocycles. The van der Waals surface area contributed by atoms with E-state index in [0.29, 0.717) is 31.2 Å². The fourth-order valence-electron chi connectivity index (χ4n) is 2.87. The number of amides is 1. The third-order valence-corrected chi connectivity index (χ3v) is 6.44. The second kappa shape index (κ2) is 8.28. The molecule has 0 spiro atoms. The molecule has 1 fully saturated rings. The van der Waals surface area contributed by atoms with Crippen LogP contribution in [0.2, 0.25) is 0 Å². The van der Waals surface area contributed by atoms with Crippen molar-refractivity contribution in [1.82, 2.24) is 19.8 Å². The molecule has 1 aliphatic heterocycles. The molecule has 3 rings (SSSR count). The largest absolute Gasteiger partial charge is 0.341 e. The van der Waals surface area contributed by atoms with Gasteiger partial charge in [-0.05, 0) is 31.2 Å². The summed E-state index contributed by atoms with van der Waals surface area (Å²) in [7, 11) is -3.26. The maximum absolute atomic E-state index is 12.4. The normalized spacial score (nSPS) is 18.2. The number of nitrogens with zero attached hydrogens (tertiary/aromatic N) is 3. The van der Waals surface area contributed by atoms with Gasteiger partial charge in [0.05, 0.1) is 5.75 Å². The lowest BCUT2D eigenvalue weighted by Crippen LogP contribution is -2.49. The second-order valence-electron chi connectivity index (χ2n) is 6.22. The van der Waals surface area contributed by atoms with Crippen LogP contribution >= 0.6 is 11.3 Å². The van der Waals surface area contributed by atoms with E-state index >= 15 is 0 Å². The van der Waals surface area contributed by atoms with Crippen molar-refractivity contribution < 1.29 is 17.7 Å². The summed E-state index contributed by atoms with van der Waals surface area (Å²) >= 11 is 1.56. The first-order valence-corrected chi connectivity index (χ1v) is 11.2. The lowest BCUT2D eigenvalue weighted by Gasteiger charge is -2.33. The molecule has 0 aliphatic carbocycles. The number of sulfonamides is 1. The fourth-order valence-corrected chi connectivity index (χ4v) is 4.38. The van der Waals surface area contributed by atoms with Gasteiger partial charge in [-0.2, -0.15) is 16.3 Å². The van der Waals surface area contributed by atoms with E-state index in [1.54, 1.807) is 23.2 Å². The van der Waals surface area contributed by atoms with Crippen molar-refractivity contribution in [1.29, 1.82) is 0 Å². The third-order valence-electron chi connectivity index (χ3n) is 4.30. The number of thiophene rings is 1. The van der Waals surface area contributed by atoms with Gasteiger partial charge in [0.15, 0.2) is 0 Å². The van der Waals surface area contributed by atoms with Crippen molar-refractivity contribution in [3.05, 3.63) is 22.7 Å². The van der Waals surface area contributed by atoms with E-state index in [-0.39, 0.29) is 24.1 Å². The highest BCUT2D eigenvalue weighted by Crippen LogP contribution is 2.19. The Bertz CT molecular complexity index is 832. The first-order valence-electron chi connectivity index (χ1n) is 8.60. The molecular weight excluding hydrogens is 376 g/mol. The highest BCUT2D eigenvalue weighted by molar-refractivity contribution is 7.89. The minimum atomic E-state index is -3.26. The number of likely N-dealkylation sites (tertiary alicyclic amines) is 1. The Morgan fingerprint density at radius 1 is 1.50 bits per heavy atom. The minimum absolute atomic E-state index is 0.0271. The van der Waals surface area contributed by atoms with Crippen molar-refractivity contribution in [2.75, 3.05) is 18.8 Å². The van der Waals surface area contributed by atoms with E-state index in [2.05, 4.69) is 14.9 Å². The van der Waals surface area contributed by atoms with Gasteiger partial charge in [-0.3, -0.25) is 4.79 Å². The van der Waals surface area contributed by atoms with E-state index < -0.39 is 10.0 Å². The van der Waals surface area contributed by atoms with Crippen LogP contribution in [0.15, 0.2) is 21.3 Å². The molecule has 2 aromatic rings. The predicted molar refractivity (Wildman–Crippen MR) is 98.1 cm³/mol. The van der Waals surface area contributed by atoms with E-state index in [0.717, 1.165) is 18.4 Å². The summed E-state index contributed by atoms with van der Waals surface area (Å²) in [5.74, 6) is 0.974. The first kappa shape index (κ1) is 19.0. The zero-order valence-electron chi connectivity index (χ0n) is 14.6. The lowest BCUT2D eigenvalue weighted by molar-refractivity contribution is -0.132. The topological polar surface area (TPSA) is 105 Å². The molecule has 1 atom stereocenters. The van der Waals surface area contributed by atoms with E-state index in [1.807, 2.05) is 16.8 Å². The smallest absolute Gasteiger partial charge is 0.227 e. The van der Waals surface area contributed by atoms with Crippen molar-refractivity contribution >= 4 is 27.3 Å². The molecule has 142 valence electrons. The summed E-state index contributed by atoms with van der Waals surface area (Å²) in [5, 5.41) is 7.80. The molecule has 1 N–H and O–H groups in total. The van der Waals surface area contributed by atoms with Crippen molar-refractivity contribution in [2.24, 2.45) is 0 Å². The van der Waals surface area contributed by atoms with Crippen LogP contribution in [0.3, 0.4) is 0 Å². The van der Waals surface area contributed by atoms with Crippen LogP contribution in [0.1, 0.15) is 32.1 Å². The molecule has 2 aromatic heterocycles. The highest BCUT2D eigenvalue weighted by Gasteiger charge is 2.26. The Labute approximate surface area is 156 Å². The van der Waals surface area contributed by atoms with Crippen LogP contribution in [0.25, 0.3) is 11.4 Å². The van der Waals surface area contributed by atoms with Crippen LogP contribution in [0, 0.1) is 0 Å². The van der Waals surface area contributed by atoms with Gasteiger partial charge in [0, 0.05) is 42.9 Å². The SMILES string of the molecule is CCS(=O)(=O)NC1CCCN(C(=O)CCc2nc(-c3ccsc3)no2)C1. The number of piperidine rings is 1. The number of nitrogens with one attached hydrogen (secondary N) is 1. The summed E-state index contributed by atoms with van der Waals surface area (Å²) < 4.78 is 31.3. The molecular formula is C16H22N4O4S2. The summed E-state index contributed by atoms with van der Waals surface area (Å²) in [6, 6.07) is 1.70. The number of carbonyl (C=O) groups excluding carboxylic acids is 1. The Kier molecular flexibility index (Phi) is 6.05. The summed E-state index contributed by atoms with van der Waals surface area (Å²) in [6.45, 7) is 2.65. The van der Waals surface area contributed by atoms with Gasteiger partial charge in [-0.15, -0.1) is 0 Å². The van der Waals surface area contributed by atoms with Gasteiger partial charge in [0.1, 0.15) is 0 Å². The summed E-state index contributed by atoms with van der Waals surface area (Å²) in [6.07, 6.45) is 2.17. The maximum Gasteiger partial charge on any atom is 0.227 e. The van der Waals surface area contributed by atoms with Gasteiger partial charge in [0.25, 0.3) is 0 Å². The number of carbonyl (C=O) groups is 1. The van der Waals surface area contributed by atoms with Gasteiger partial charge in [-0.25, -0.2) is 13.1 Å². The Morgan fingerprint density at radius 2 is 2.35 bits per heavy atom. The Hall–Kier alpha value is -1.78. The van der Waals surface area contributed by atoms with E-state index in [1.165, 1.54) is 0 Å². The summed E-state index contributed by atoms with van der Waals surface area (Å²) in [5.41, 5.74) is 0.901. The van der Waals surface area contributed by atoms with Gasteiger partial charge in [0.2, 0.25) is 27.6 Å².